The number of carbonyl (C=O) groups is 2. The average Bonchev–Trinajstić information content (AvgIpc) is 3.70. The number of fused-ring (bicyclic) bond motifs is 1. The van der Waals surface area contributed by atoms with Crippen LogP contribution in [-0.4, -0.2) is 69.3 Å². The quantitative estimate of drug-likeness (QED) is 0.247. The highest BCUT2D eigenvalue weighted by atomic mass is 32.2. The molecule has 2 aromatic carbocycles. The van der Waals surface area contributed by atoms with Crippen LogP contribution in [0.3, 0.4) is 0 Å². The van der Waals surface area contributed by atoms with Crippen LogP contribution in [0.1, 0.15) is 22.2 Å². The predicted octanol–water partition coefficient (Wildman–Crippen LogP) is 2.47. The molecule has 14 heteroatoms. The number of nitrogens with one attached hydrogen (secondary N) is 1. The zero-order valence-corrected chi connectivity index (χ0v) is 22.6. The van der Waals surface area contributed by atoms with Crippen molar-refractivity contribution in [1.29, 1.82) is 0 Å². The fourth-order valence-corrected chi connectivity index (χ4v) is 6.80. The summed E-state index contributed by atoms with van der Waals surface area (Å²) in [4.78, 5) is 27.6. The number of thiocarbonyl (C=S) groups is 1. The zero-order valence-electron chi connectivity index (χ0n) is 20.2. The van der Waals surface area contributed by atoms with Crippen molar-refractivity contribution in [2.24, 2.45) is 0 Å². The van der Waals surface area contributed by atoms with Gasteiger partial charge in [0.15, 0.2) is 0 Å². The second-order valence-corrected chi connectivity index (χ2v) is 10.9. The van der Waals surface area contributed by atoms with E-state index in [4.69, 9.17) is 17.0 Å². The van der Waals surface area contributed by atoms with Crippen LogP contribution in [0.5, 0.6) is 0 Å². The van der Waals surface area contributed by atoms with Crippen molar-refractivity contribution in [3.05, 3.63) is 94.3 Å². The second-order valence-electron chi connectivity index (χ2n) is 8.64. The van der Waals surface area contributed by atoms with Gasteiger partial charge in [0.05, 0.1) is 0 Å². The van der Waals surface area contributed by atoms with Crippen molar-refractivity contribution in [2.45, 2.75) is 24.1 Å². The van der Waals surface area contributed by atoms with Gasteiger partial charge in [0.2, 0.25) is 11.0 Å². The normalized spacial score (nSPS) is 18.5. The molecule has 6 rings (SSSR count). The van der Waals surface area contributed by atoms with E-state index in [0.29, 0.717) is 16.5 Å². The van der Waals surface area contributed by atoms with Gasteiger partial charge in [0, 0.05) is 11.3 Å². The Bertz CT molecular complexity index is 1480. The van der Waals surface area contributed by atoms with Crippen LogP contribution in [0, 0.1) is 0 Å². The highest BCUT2D eigenvalue weighted by Gasteiger charge is 2.54. The smallest absolute Gasteiger partial charge is 0.253 e. The van der Waals surface area contributed by atoms with Crippen molar-refractivity contribution in [3.63, 3.8) is 0 Å². The number of amides is 2. The Labute approximate surface area is 236 Å². The Morgan fingerprint density at radius 3 is 2.44 bits per heavy atom. The first-order chi connectivity index (χ1) is 19.1. The molecule has 4 aromatic rings. The molecule has 4 heterocycles. The van der Waals surface area contributed by atoms with Crippen LogP contribution in [-0.2, 0) is 20.9 Å². The molecular formula is C25H20N8O3S3. The summed E-state index contributed by atoms with van der Waals surface area (Å²) in [6, 6.07) is 18.8. The largest absolute Gasteiger partial charge is 0.469 e. The number of carbonyl (C=O) groups excluding carboxylic acids is 2. The number of tetrazole rings is 1. The number of ether oxygens (including phenoxy) is 1. The maximum absolute atomic E-state index is 13.5. The summed E-state index contributed by atoms with van der Waals surface area (Å²) in [6.45, 7) is -0.0930. The van der Waals surface area contributed by atoms with Gasteiger partial charge in [-0.05, 0) is 33.8 Å². The van der Waals surface area contributed by atoms with Gasteiger partial charge in [0.25, 0.3) is 5.91 Å². The first kappa shape index (κ1) is 25.3. The van der Waals surface area contributed by atoms with E-state index in [2.05, 4.69) is 31.0 Å². The van der Waals surface area contributed by atoms with Gasteiger partial charge in [-0.1, -0.05) is 60.7 Å². The van der Waals surface area contributed by atoms with E-state index in [1.807, 2.05) is 60.7 Å². The zero-order chi connectivity index (χ0) is 26.8. The molecule has 2 aromatic heterocycles. The van der Waals surface area contributed by atoms with E-state index in [0.717, 1.165) is 16.7 Å². The van der Waals surface area contributed by atoms with Crippen LogP contribution in [0.2, 0.25) is 0 Å². The Hall–Kier alpha value is -4.01. The second kappa shape index (κ2) is 11.0. The van der Waals surface area contributed by atoms with E-state index < -0.39 is 12.1 Å². The molecule has 0 spiro atoms. The summed E-state index contributed by atoms with van der Waals surface area (Å²) < 4.78 is 7.78. The lowest BCUT2D eigenvalue weighted by atomic mass is 10.0. The van der Waals surface area contributed by atoms with Crippen molar-refractivity contribution < 1.29 is 14.3 Å². The predicted molar refractivity (Wildman–Crippen MR) is 148 cm³/mol. The van der Waals surface area contributed by atoms with Crippen molar-refractivity contribution in [3.8, 4) is 0 Å². The molecule has 0 saturated carbocycles. The molecule has 39 heavy (non-hydrogen) atoms. The summed E-state index contributed by atoms with van der Waals surface area (Å²) in [6.07, 6.45) is 0.851. The highest BCUT2D eigenvalue weighted by molar-refractivity contribution is 8.00. The monoisotopic (exact) mass is 576 g/mol. The van der Waals surface area contributed by atoms with Crippen LogP contribution in [0.25, 0.3) is 5.57 Å². The van der Waals surface area contributed by atoms with Crippen LogP contribution in [0.15, 0.2) is 78.2 Å². The van der Waals surface area contributed by atoms with E-state index in [9.17, 15) is 9.59 Å². The molecule has 1 saturated heterocycles. The topological polar surface area (TPSA) is 128 Å². The summed E-state index contributed by atoms with van der Waals surface area (Å²) in [5, 5.41) is 22.3. The van der Waals surface area contributed by atoms with Gasteiger partial charge < -0.3 is 10.1 Å². The Morgan fingerprint density at radius 2 is 1.82 bits per heavy atom. The Morgan fingerprint density at radius 1 is 1.10 bits per heavy atom. The molecule has 1 N–H and O–H groups in total. The molecule has 0 bridgehead atoms. The lowest BCUT2D eigenvalue weighted by Gasteiger charge is -2.50. The molecule has 196 valence electrons. The minimum absolute atomic E-state index is 0.0930. The third-order valence-electron chi connectivity index (χ3n) is 6.22. The summed E-state index contributed by atoms with van der Waals surface area (Å²) in [7, 11) is 0. The van der Waals surface area contributed by atoms with Crippen molar-refractivity contribution >= 4 is 57.8 Å². The number of hydrogen-bond acceptors (Lipinski definition) is 11. The Balaban J connectivity index is 1.29. The third kappa shape index (κ3) is 5.05. The molecule has 2 amide bonds. The third-order valence-corrected chi connectivity index (χ3v) is 8.54. The van der Waals surface area contributed by atoms with Crippen molar-refractivity contribution in [1.82, 2.24) is 40.6 Å². The molecular weight excluding hydrogens is 557 g/mol. The summed E-state index contributed by atoms with van der Waals surface area (Å²) in [5.41, 5.74) is 4.74. The lowest BCUT2D eigenvalue weighted by molar-refractivity contribution is -0.145. The molecule has 2 aliphatic heterocycles. The summed E-state index contributed by atoms with van der Waals surface area (Å²) in [5.74, 6) is -0.131. The molecule has 1 fully saturated rings. The number of aromatic nitrogens is 6. The van der Waals surface area contributed by atoms with Gasteiger partial charge in [0.1, 0.15) is 46.6 Å². The molecule has 2 atom stereocenters. The van der Waals surface area contributed by atoms with Crippen LogP contribution in [0.4, 0.5) is 0 Å². The van der Waals surface area contributed by atoms with E-state index in [1.54, 1.807) is 10.4 Å². The fourth-order valence-electron chi connectivity index (χ4n) is 4.44. The van der Waals surface area contributed by atoms with Crippen molar-refractivity contribution in [2.75, 3.05) is 5.75 Å². The lowest BCUT2D eigenvalue weighted by Crippen LogP contribution is -2.70. The number of benzene rings is 2. The van der Waals surface area contributed by atoms with Gasteiger partial charge in [-0.15, -0.1) is 38.4 Å². The summed E-state index contributed by atoms with van der Waals surface area (Å²) >= 11 is 8.77. The maximum Gasteiger partial charge on any atom is 0.253 e. The minimum Gasteiger partial charge on any atom is -0.469 e. The molecule has 0 aliphatic carbocycles. The van der Waals surface area contributed by atoms with Gasteiger partial charge >= 0.3 is 0 Å². The maximum atomic E-state index is 13.5. The van der Waals surface area contributed by atoms with E-state index in [-0.39, 0.29) is 28.8 Å². The number of hydrogen-bond donors (Lipinski definition) is 1. The molecule has 0 unspecified atom stereocenters. The SMILES string of the molecule is O=C(Cn1cnnn1)N[C@@H]1C(=O)N2C(C(=S)OC(c3ccccc3)c3ccccc3)=C(c3nncs3)CS[C@H]12. The average molecular weight is 577 g/mol. The number of thioether (sulfide) groups is 1. The standard InChI is InChI=1S/C25H20N8O3S3/c34-18(11-32-13-26-30-31-32)28-19-23(35)33-20(17(12-38-24(19)33)22-29-27-14-39-22)25(37)36-21(15-7-3-1-4-8-15)16-9-5-2-6-10-16/h1-10,13-14,19,21,24H,11-12H2,(H,28,34)/t19-,24-/m1/s1. The van der Waals surface area contributed by atoms with Gasteiger partial charge in [-0.2, -0.15) is 0 Å². The molecule has 11 nitrogen and oxygen atoms in total. The van der Waals surface area contributed by atoms with E-state index in [1.165, 1.54) is 34.1 Å². The first-order valence-corrected chi connectivity index (χ1v) is 14.2. The van der Waals surface area contributed by atoms with E-state index >= 15 is 0 Å². The number of rotatable bonds is 8. The first-order valence-electron chi connectivity index (χ1n) is 11.9. The fraction of sp³-hybridized carbons (Fsp3) is 0.200. The number of β-lactam (4-membered cyclic amide) rings is 1. The molecule has 2 aliphatic rings. The molecule has 0 radical (unpaired) electrons. The Kier molecular flexibility index (Phi) is 7.13. The van der Waals surface area contributed by atoms with Gasteiger partial charge in [-0.3, -0.25) is 14.5 Å². The highest BCUT2D eigenvalue weighted by Crippen LogP contribution is 2.44. The number of nitrogens with zero attached hydrogens (tertiary/aromatic N) is 7. The van der Waals surface area contributed by atoms with Gasteiger partial charge in [-0.25, -0.2) is 4.68 Å². The van der Waals surface area contributed by atoms with Crippen LogP contribution < -0.4 is 5.32 Å². The minimum atomic E-state index is -0.716. The van der Waals surface area contributed by atoms with Crippen LogP contribution >= 0.6 is 35.3 Å².